The van der Waals surface area contributed by atoms with E-state index in [4.69, 9.17) is 21.0 Å². The number of piperidine rings is 1. The van der Waals surface area contributed by atoms with Gasteiger partial charge in [-0.25, -0.2) is 14.5 Å². The topological polar surface area (TPSA) is 55.9 Å². The number of hydrogen-bond donors (Lipinski definition) is 1. The monoisotopic (exact) mass is 302 g/mol. The second kappa shape index (κ2) is 5.16. The summed E-state index contributed by atoms with van der Waals surface area (Å²) < 4.78 is 7.60. The molecule has 0 radical (unpaired) electrons. The Labute approximate surface area is 126 Å². The zero-order chi connectivity index (χ0) is 14.2. The van der Waals surface area contributed by atoms with Crippen molar-refractivity contribution in [3.8, 4) is 5.88 Å². The summed E-state index contributed by atoms with van der Waals surface area (Å²) in [5.41, 5.74) is 1.70. The average molecular weight is 303 g/mol. The summed E-state index contributed by atoms with van der Waals surface area (Å²) in [6.45, 7) is 2.03. The van der Waals surface area contributed by atoms with Gasteiger partial charge in [0.15, 0.2) is 10.9 Å². The van der Waals surface area contributed by atoms with Gasteiger partial charge in [-0.1, -0.05) is 0 Å². The summed E-state index contributed by atoms with van der Waals surface area (Å²) >= 11 is 5.94. The van der Waals surface area contributed by atoms with Gasteiger partial charge in [0.05, 0.1) is 0 Å². The summed E-state index contributed by atoms with van der Waals surface area (Å²) in [7, 11) is 0. The first-order valence-electron chi connectivity index (χ1n) is 7.13. The lowest BCUT2D eigenvalue weighted by atomic mass is 9.97. The van der Waals surface area contributed by atoms with Crippen molar-refractivity contribution in [2.45, 2.75) is 18.8 Å². The number of imidazole rings is 1. The van der Waals surface area contributed by atoms with Gasteiger partial charge in [-0.15, -0.1) is 0 Å². The molecule has 0 aliphatic carbocycles. The van der Waals surface area contributed by atoms with E-state index in [1.165, 1.54) is 0 Å². The molecule has 0 saturated carbocycles. The summed E-state index contributed by atoms with van der Waals surface area (Å²) in [4.78, 5) is 9.26. The molecule has 3 aromatic rings. The lowest BCUT2D eigenvalue weighted by Gasteiger charge is -2.22. The number of nitrogens with zero attached hydrogens (tertiary/aromatic N) is 3. The van der Waals surface area contributed by atoms with E-state index >= 15 is 0 Å². The van der Waals surface area contributed by atoms with Gasteiger partial charge >= 0.3 is 0 Å². The Bertz CT molecular complexity index is 773. The first-order chi connectivity index (χ1) is 10.3. The van der Waals surface area contributed by atoms with Gasteiger partial charge in [-0.05, 0) is 55.7 Å². The normalized spacial score (nSPS) is 16.6. The smallest absolute Gasteiger partial charge is 0.208 e. The fraction of sp³-hybridized carbons (Fsp3) is 0.333. The van der Waals surface area contributed by atoms with E-state index in [2.05, 4.69) is 10.3 Å². The number of aromatic nitrogens is 3. The quantitative estimate of drug-likeness (QED) is 0.790. The number of hydrogen-bond acceptors (Lipinski definition) is 4. The van der Waals surface area contributed by atoms with Crippen LogP contribution in [0.5, 0.6) is 0 Å². The third kappa shape index (κ3) is 2.22. The van der Waals surface area contributed by atoms with Gasteiger partial charge in [0.2, 0.25) is 5.88 Å². The van der Waals surface area contributed by atoms with E-state index in [0.29, 0.717) is 17.0 Å². The van der Waals surface area contributed by atoms with Crippen molar-refractivity contribution in [2.24, 2.45) is 0 Å². The third-order valence-electron chi connectivity index (χ3n) is 3.93. The number of halogens is 1. The molecule has 5 nitrogen and oxygen atoms in total. The number of pyridine rings is 1. The number of rotatable bonds is 2. The van der Waals surface area contributed by atoms with Crippen LogP contribution in [0.15, 0.2) is 34.9 Å². The van der Waals surface area contributed by atoms with Crippen LogP contribution in [0.25, 0.3) is 17.0 Å². The highest BCUT2D eigenvalue weighted by Gasteiger charge is 2.24. The van der Waals surface area contributed by atoms with Crippen LogP contribution in [0.4, 0.5) is 0 Å². The van der Waals surface area contributed by atoms with Gasteiger partial charge in [0.1, 0.15) is 11.3 Å². The van der Waals surface area contributed by atoms with Crippen LogP contribution in [0.2, 0.25) is 5.22 Å². The van der Waals surface area contributed by atoms with Crippen LogP contribution < -0.4 is 5.32 Å². The SMILES string of the molecule is Clc1ccc(-n2c(C3CCNCC3)nc3cccnc32)o1. The Hall–Kier alpha value is -1.85. The molecule has 6 heteroatoms. The number of fused-ring (bicyclic) bond motifs is 1. The predicted molar refractivity (Wildman–Crippen MR) is 81.0 cm³/mol. The molecule has 0 bridgehead atoms. The van der Waals surface area contributed by atoms with Gasteiger partial charge in [0, 0.05) is 18.2 Å². The van der Waals surface area contributed by atoms with Crippen molar-refractivity contribution < 1.29 is 4.42 Å². The fourth-order valence-corrected chi connectivity index (χ4v) is 3.07. The molecule has 1 fully saturated rings. The second-order valence-corrected chi connectivity index (χ2v) is 5.63. The highest BCUT2D eigenvalue weighted by atomic mass is 35.5. The molecule has 4 rings (SSSR count). The van der Waals surface area contributed by atoms with Crippen molar-refractivity contribution in [2.75, 3.05) is 13.1 Å². The van der Waals surface area contributed by atoms with E-state index in [1.54, 1.807) is 12.3 Å². The van der Waals surface area contributed by atoms with E-state index in [0.717, 1.165) is 42.9 Å². The van der Waals surface area contributed by atoms with Crippen LogP contribution in [-0.4, -0.2) is 27.6 Å². The zero-order valence-electron chi connectivity index (χ0n) is 11.4. The molecule has 1 saturated heterocycles. The van der Waals surface area contributed by atoms with Crippen LogP contribution in [0, 0.1) is 0 Å². The lowest BCUT2D eigenvalue weighted by Crippen LogP contribution is -2.28. The summed E-state index contributed by atoms with van der Waals surface area (Å²) in [5, 5.41) is 3.76. The van der Waals surface area contributed by atoms with E-state index in [1.807, 2.05) is 22.8 Å². The van der Waals surface area contributed by atoms with Gasteiger partial charge in [-0.2, -0.15) is 0 Å². The third-order valence-corrected chi connectivity index (χ3v) is 4.13. The maximum Gasteiger partial charge on any atom is 0.208 e. The number of nitrogens with one attached hydrogen (secondary N) is 1. The molecule has 108 valence electrons. The average Bonchev–Trinajstić information content (AvgIpc) is 3.11. The molecule has 21 heavy (non-hydrogen) atoms. The number of furan rings is 1. The Kier molecular flexibility index (Phi) is 3.16. The first-order valence-corrected chi connectivity index (χ1v) is 7.50. The minimum atomic E-state index is 0.374. The predicted octanol–water partition coefficient (Wildman–Crippen LogP) is 3.13. The highest BCUT2D eigenvalue weighted by molar-refractivity contribution is 6.28. The molecule has 1 N–H and O–H groups in total. The fourth-order valence-electron chi connectivity index (χ4n) is 2.93. The second-order valence-electron chi connectivity index (χ2n) is 5.25. The van der Waals surface area contributed by atoms with Crippen molar-refractivity contribution >= 4 is 22.8 Å². The van der Waals surface area contributed by atoms with Gasteiger partial charge < -0.3 is 9.73 Å². The van der Waals surface area contributed by atoms with Crippen LogP contribution in [-0.2, 0) is 0 Å². The Morgan fingerprint density at radius 2 is 2.10 bits per heavy atom. The molecule has 0 unspecified atom stereocenters. The van der Waals surface area contributed by atoms with Gasteiger partial charge in [0.25, 0.3) is 0 Å². The van der Waals surface area contributed by atoms with E-state index < -0.39 is 0 Å². The van der Waals surface area contributed by atoms with Crippen molar-refractivity contribution in [1.29, 1.82) is 0 Å². The maximum atomic E-state index is 5.94. The Balaban J connectivity index is 1.92. The van der Waals surface area contributed by atoms with Crippen LogP contribution >= 0.6 is 11.6 Å². The molecular weight excluding hydrogens is 288 g/mol. The van der Waals surface area contributed by atoms with Crippen LogP contribution in [0.3, 0.4) is 0 Å². The molecule has 3 aromatic heterocycles. The minimum absolute atomic E-state index is 0.374. The molecule has 0 aromatic carbocycles. The first kappa shape index (κ1) is 12.9. The zero-order valence-corrected chi connectivity index (χ0v) is 12.2. The molecule has 0 atom stereocenters. The highest BCUT2D eigenvalue weighted by Crippen LogP contribution is 2.31. The van der Waals surface area contributed by atoms with Crippen molar-refractivity contribution in [3.63, 3.8) is 0 Å². The Morgan fingerprint density at radius 3 is 2.86 bits per heavy atom. The Morgan fingerprint density at radius 1 is 1.24 bits per heavy atom. The van der Waals surface area contributed by atoms with Crippen molar-refractivity contribution in [1.82, 2.24) is 19.9 Å². The molecular formula is C15H15ClN4O. The molecule has 1 aliphatic heterocycles. The molecule has 0 spiro atoms. The molecule has 1 aliphatic rings. The van der Waals surface area contributed by atoms with Crippen LogP contribution in [0.1, 0.15) is 24.6 Å². The summed E-state index contributed by atoms with van der Waals surface area (Å²) in [6, 6.07) is 7.50. The lowest BCUT2D eigenvalue weighted by molar-refractivity contribution is 0.435. The van der Waals surface area contributed by atoms with Gasteiger partial charge in [-0.3, -0.25) is 0 Å². The minimum Gasteiger partial charge on any atom is -0.428 e. The van der Waals surface area contributed by atoms with E-state index in [9.17, 15) is 0 Å². The maximum absolute atomic E-state index is 5.94. The van der Waals surface area contributed by atoms with Crippen molar-refractivity contribution in [3.05, 3.63) is 41.5 Å². The molecule has 4 heterocycles. The summed E-state index contributed by atoms with van der Waals surface area (Å²) in [6.07, 6.45) is 3.91. The van der Waals surface area contributed by atoms with E-state index in [-0.39, 0.29) is 0 Å². The summed E-state index contributed by atoms with van der Waals surface area (Å²) in [5.74, 6) is 2.09. The largest absolute Gasteiger partial charge is 0.428 e. The molecule has 0 amide bonds. The standard InChI is InChI=1S/C15H15ClN4O/c16-12-3-4-13(21-12)20-14(10-5-8-17-9-6-10)19-11-2-1-7-18-15(11)20/h1-4,7,10,17H,5-6,8-9H2.